The molecule has 0 atom stereocenters. The number of thiazole rings is 1. The second kappa shape index (κ2) is 6.98. The predicted octanol–water partition coefficient (Wildman–Crippen LogP) is 5.18. The second-order valence-corrected chi connectivity index (χ2v) is 6.65. The average Bonchev–Trinajstić information content (AvgIpc) is 2.92. The van der Waals surface area contributed by atoms with Crippen LogP contribution in [0.2, 0.25) is 5.02 Å². The van der Waals surface area contributed by atoms with Crippen molar-refractivity contribution < 1.29 is 4.74 Å². The molecule has 0 saturated carbocycles. The van der Waals surface area contributed by atoms with Crippen LogP contribution in [0.15, 0.2) is 47.6 Å². The van der Waals surface area contributed by atoms with E-state index in [9.17, 15) is 0 Å². The number of aromatic nitrogens is 1. The highest BCUT2D eigenvalue weighted by molar-refractivity contribution is 7.22. The molecule has 0 aliphatic rings. The van der Waals surface area contributed by atoms with Crippen molar-refractivity contribution in [3.8, 4) is 5.75 Å². The molecule has 0 spiro atoms. The molecular formula is C17H16ClN3OS. The van der Waals surface area contributed by atoms with Crippen LogP contribution in [-0.2, 0) is 0 Å². The molecule has 0 saturated heterocycles. The van der Waals surface area contributed by atoms with E-state index in [2.05, 4.69) is 15.5 Å². The normalized spacial score (nSPS) is 11.5. The fourth-order valence-corrected chi connectivity index (χ4v) is 3.08. The lowest BCUT2D eigenvalue weighted by atomic mass is 10.2. The molecule has 0 unspecified atom stereocenters. The highest BCUT2D eigenvalue weighted by atomic mass is 35.5. The van der Waals surface area contributed by atoms with Gasteiger partial charge in [0.15, 0.2) is 0 Å². The highest BCUT2D eigenvalue weighted by Crippen LogP contribution is 2.27. The van der Waals surface area contributed by atoms with Crippen LogP contribution in [0.25, 0.3) is 10.2 Å². The van der Waals surface area contributed by atoms with Crippen LogP contribution in [0, 0.1) is 0 Å². The van der Waals surface area contributed by atoms with Crippen molar-refractivity contribution in [2.75, 3.05) is 5.43 Å². The van der Waals surface area contributed by atoms with E-state index in [1.807, 2.05) is 56.3 Å². The van der Waals surface area contributed by atoms with Gasteiger partial charge in [0.25, 0.3) is 0 Å². The zero-order valence-electron chi connectivity index (χ0n) is 12.8. The molecule has 23 heavy (non-hydrogen) atoms. The van der Waals surface area contributed by atoms with Crippen molar-refractivity contribution in [1.29, 1.82) is 0 Å². The number of anilines is 1. The lowest BCUT2D eigenvalue weighted by Gasteiger charge is -2.11. The first-order chi connectivity index (χ1) is 11.1. The zero-order valence-corrected chi connectivity index (χ0v) is 14.4. The molecule has 0 fully saturated rings. The fourth-order valence-electron chi connectivity index (χ4n) is 2.03. The van der Waals surface area contributed by atoms with Crippen molar-refractivity contribution in [2.45, 2.75) is 20.0 Å². The Bertz CT molecular complexity index is 812. The van der Waals surface area contributed by atoms with Crippen LogP contribution in [0.4, 0.5) is 5.13 Å². The molecule has 4 nitrogen and oxygen atoms in total. The Hall–Kier alpha value is -2.11. The van der Waals surface area contributed by atoms with Crippen molar-refractivity contribution in [1.82, 2.24) is 4.98 Å². The average molecular weight is 346 g/mol. The number of rotatable bonds is 5. The summed E-state index contributed by atoms with van der Waals surface area (Å²) in [5.74, 6) is 0.679. The minimum absolute atomic E-state index is 0.0905. The Labute approximate surface area is 143 Å². The summed E-state index contributed by atoms with van der Waals surface area (Å²) in [5, 5.41) is 5.54. The largest absolute Gasteiger partial charge is 0.489 e. The lowest BCUT2D eigenvalue weighted by molar-refractivity contribution is 0.242. The highest BCUT2D eigenvalue weighted by Gasteiger charge is 2.04. The first-order valence-electron chi connectivity index (χ1n) is 7.22. The second-order valence-electron chi connectivity index (χ2n) is 5.21. The monoisotopic (exact) mass is 345 g/mol. The third kappa shape index (κ3) is 4.00. The van der Waals surface area contributed by atoms with Gasteiger partial charge in [-0.1, -0.05) is 35.1 Å². The molecule has 2 aromatic carbocycles. The number of nitrogens with zero attached hydrogens (tertiary/aromatic N) is 2. The number of nitrogens with one attached hydrogen (secondary N) is 1. The molecule has 6 heteroatoms. The number of hydrogen-bond donors (Lipinski definition) is 1. The minimum atomic E-state index is 0.0905. The molecule has 0 aliphatic heterocycles. The summed E-state index contributed by atoms with van der Waals surface area (Å²) >= 11 is 7.77. The van der Waals surface area contributed by atoms with Gasteiger partial charge < -0.3 is 4.74 Å². The lowest BCUT2D eigenvalue weighted by Crippen LogP contribution is -2.05. The maximum atomic E-state index is 6.21. The molecule has 3 aromatic rings. The number of halogens is 1. The molecule has 0 aliphatic carbocycles. The summed E-state index contributed by atoms with van der Waals surface area (Å²) in [6, 6.07) is 13.6. The summed E-state index contributed by atoms with van der Waals surface area (Å²) in [6.07, 6.45) is 1.80. The third-order valence-electron chi connectivity index (χ3n) is 2.99. The van der Waals surface area contributed by atoms with Gasteiger partial charge in [-0.2, -0.15) is 5.10 Å². The van der Waals surface area contributed by atoms with E-state index < -0.39 is 0 Å². The molecule has 0 bridgehead atoms. The van der Waals surface area contributed by atoms with E-state index in [1.165, 1.54) is 0 Å². The maximum absolute atomic E-state index is 6.21. The van der Waals surface area contributed by atoms with Gasteiger partial charge in [0.05, 0.1) is 27.6 Å². The Kier molecular flexibility index (Phi) is 4.79. The Morgan fingerprint density at radius 3 is 2.83 bits per heavy atom. The Morgan fingerprint density at radius 1 is 1.26 bits per heavy atom. The summed E-state index contributed by atoms with van der Waals surface area (Å²) in [7, 11) is 0. The topological polar surface area (TPSA) is 46.5 Å². The SMILES string of the molecule is CC(C)Oc1ccc(/C=N\Nc2nc3ccccc3s2)cc1Cl. The van der Waals surface area contributed by atoms with Crippen LogP contribution >= 0.6 is 22.9 Å². The Morgan fingerprint density at radius 2 is 2.09 bits per heavy atom. The fraction of sp³-hybridized carbons (Fsp3) is 0.176. The van der Waals surface area contributed by atoms with Gasteiger partial charge in [0.1, 0.15) is 5.75 Å². The zero-order chi connectivity index (χ0) is 16.2. The van der Waals surface area contributed by atoms with Gasteiger partial charge in [0.2, 0.25) is 5.13 Å². The summed E-state index contributed by atoms with van der Waals surface area (Å²) < 4.78 is 6.74. The first kappa shape index (κ1) is 15.8. The number of hydrazone groups is 1. The van der Waals surface area contributed by atoms with Gasteiger partial charge in [-0.15, -0.1) is 0 Å². The van der Waals surface area contributed by atoms with E-state index in [-0.39, 0.29) is 6.10 Å². The summed E-state index contributed by atoms with van der Waals surface area (Å²) in [4.78, 5) is 4.46. The van der Waals surface area contributed by atoms with Gasteiger partial charge in [0, 0.05) is 0 Å². The summed E-state index contributed by atoms with van der Waals surface area (Å²) in [5.41, 5.74) is 4.81. The predicted molar refractivity (Wildman–Crippen MR) is 98.1 cm³/mol. The van der Waals surface area contributed by atoms with E-state index >= 15 is 0 Å². The van der Waals surface area contributed by atoms with Gasteiger partial charge in [-0.3, -0.25) is 5.43 Å². The number of benzene rings is 2. The maximum Gasteiger partial charge on any atom is 0.204 e. The number of ether oxygens (including phenoxy) is 1. The number of fused-ring (bicyclic) bond motifs is 1. The van der Waals surface area contributed by atoms with Crippen LogP contribution in [0.1, 0.15) is 19.4 Å². The van der Waals surface area contributed by atoms with E-state index in [1.54, 1.807) is 17.6 Å². The smallest absolute Gasteiger partial charge is 0.204 e. The van der Waals surface area contributed by atoms with Crippen LogP contribution < -0.4 is 10.2 Å². The van der Waals surface area contributed by atoms with E-state index in [4.69, 9.17) is 16.3 Å². The molecule has 3 rings (SSSR count). The van der Waals surface area contributed by atoms with Crippen molar-refractivity contribution in [3.63, 3.8) is 0 Å². The third-order valence-corrected chi connectivity index (χ3v) is 4.22. The minimum Gasteiger partial charge on any atom is -0.489 e. The quantitative estimate of drug-likeness (QED) is 0.511. The Balaban J connectivity index is 1.69. The molecule has 1 aromatic heterocycles. The molecule has 0 radical (unpaired) electrons. The van der Waals surface area contributed by atoms with Gasteiger partial charge in [-0.05, 0) is 49.7 Å². The van der Waals surface area contributed by atoms with Gasteiger partial charge in [-0.25, -0.2) is 4.98 Å². The van der Waals surface area contributed by atoms with Gasteiger partial charge >= 0.3 is 0 Å². The molecule has 0 amide bonds. The van der Waals surface area contributed by atoms with Crippen molar-refractivity contribution in [3.05, 3.63) is 53.1 Å². The molecular weight excluding hydrogens is 330 g/mol. The standard InChI is InChI=1S/C17H16ClN3OS/c1-11(2)22-15-8-7-12(9-13(15)18)10-19-21-17-20-14-5-3-4-6-16(14)23-17/h3-11H,1-2H3,(H,20,21)/b19-10-. The van der Waals surface area contributed by atoms with E-state index in [0.717, 1.165) is 20.9 Å². The van der Waals surface area contributed by atoms with Crippen LogP contribution in [0.3, 0.4) is 0 Å². The van der Waals surface area contributed by atoms with Crippen molar-refractivity contribution >= 4 is 44.5 Å². The van der Waals surface area contributed by atoms with Crippen LogP contribution in [0.5, 0.6) is 5.75 Å². The molecule has 1 N–H and O–H groups in total. The molecule has 118 valence electrons. The van der Waals surface area contributed by atoms with E-state index in [0.29, 0.717) is 10.8 Å². The number of para-hydroxylation sites is 1. The molecule has 1 heterocycles. The van der Waals surface area contributed by atoms with Crippen molar-refractivity contribution in [2.24, 2.45) is 5.10 Å². The first-order valence-corrected chi connectivity index (χ1v) is 8.42. The summed E-state index contributed by atoms with van der Waals surface area (Å²) in [6.45, 7) is 3.93. The van der Waals surface area contributed by atoms with Crippen LogP contribution in [-0.4, -0.2) is 17.3 Å². The number of hydrogen-bond acceptors (Lipinski definition) is 5.